The first-order valence-electron chi connectivity index (χ1n) is 3.76. The Bertz CT molecular complexity index is 371. The molecular weight excluding hydrogens is 268 g/mol. The Kier molecular flexibility index (Phi) is 5.40. The van der Waals surface area contributed by atoms with Crippen molar-refractivity contribution in [3.63, 3.8) is 0 Å². The van der Waals surface area contributed by atoms with Gasteiger partial charge in [-0.15, -0.1) is 0 Å². The molecule has 15 heavy (non-hydrogen) atoms. The highest BCUT2D eigenvalue weighted by Crippen LogP contribution is 2.20. The van der Waals surface area contributed by atoms with Crippen molar-refractivity contribution >= 4 is 28.1 Å². The van der Waals surface area contributed by atoms with Crippen LogP contribution in [0.5, 0.6) is 0 Å². The minimum Gasteiger partial charge on any atom is -0.478 e. The van der Waals surface area contributed by atoms with E-state index in [0.29, 0.717) is 10.0 Å². The van der Waals surface area contributed by atoms with Gasteiger partial charge < -0.3 is 15.3 Å². The van der Waals surface area contributed by atoms with E-state index in [2.05, 4.69) is 15.9 Å². The number of aromatic carboxylic acids is 1. The summed E-state index contributed by atoms with van der Waals surface area (Å²) in [5.41, 5.74) is 1.25. The molecule has 3 N–H and O–H groups in total. The monoisotopic (exact) mass is 276 g/mol. The highest BCUT2D eigenvalue weighted by Gasteiger charge is 2.07. The molecule has 0 radical (unpaired) electrons. The van der Waals surface area contributed by atoms with Gasteiger partial charge >= 0.3 is 12.1 Å². The summed E-state index contributed by atoms with van der Waals surface area (Å²) in [6.07, 6.45) is -1.83. The first-order chi connectivity index (χ1) is 6.86. The molecule has 0 saturated heterocycles. The Hall–Kier alpha value is -1.56. The number of carboxylic acids is 1. The molecule has 0 unspecified atom stereocenters. The Morgan fingerprint density at radius 1 is 1.20 bits per heavy atom. The molecule has 0 saturated carbocycles. The molecule has 82 valence electrons. The van der Waals surface area contributed by atoms with Gasteiger partial charge in [-0.2, -0.15) is 0 Å². The maximum Gasteiger partial charge on any atom is 0.503 e. The molecule has 0 bridgehead atoms. The fourth-order valence-electron chi connectivity index (χ4n) is 0.813. The largest absolute Gasteiger partial charge is 0.503 e. The maximum atomic E-state index is 10.5. The molecule has 5 nitrogen and oxygen atoms in total. The lowest BCUT2D eigenvalue weighted by Gasteiger charge is -2.00. The third-order valence-corrected chi connectivity index (χ3v) is 2.47. The van der Waals surface area contributed by atoms with Gasteiger partial charge in [0.15, 0.2) is 0 Å². The van der Waals surface area contributed by atoms with E-state index in [9.17, 15) is 4.79 Å². The van der Waals surface area contributed by atoms with Crippen LogP contribution in [0.15, 0.2) is 22.7 Å². The van der Waals surface area contributed by atoms with Crippen LogP contribution >= 0.6 is 15.9 Å². The number of benzene rings is 1. The van der Waals surface area contributed by atoms with Crippen molar-refractivity contribution in [2.45, 2.75) is 6.92 Å². The van der Waals surface area contributed by atoms with Crippen molar-refractivity contribution in [3.8, 4) is 0 Å². The number of hydrogen-bond donors (Lipinski definition) is 3. The Morgan fingerprint density at radius 3 is 2.00 bits per heavy atom. The quantitative estimate of drug-likeness (QED) is 0.733. The summed E-state index contributed by atoms with van der Waals surface area (Å²) in [7, 11) is 0. The lowest BCUT2D eigenvalue weighted by molar-refractivity contribution is 0.0695. The number of carbonyl (C=O) groups is 2. The number of rotatable bonds is 1. The minimum absolute atomic E-state index is 0.310. The fourth-order valence-corrected chi connectivity index (χ4v) is 1.25. The van der Waals surface area contributed by atoms with Crippen molar-refractivity contribution in [2.24, 2.45) is 0 Å². The first-order valence-corrected chi connectivity index (χ1v) is 4.56. The van der Waals surface area contributed by atoms with E-state index in [4.69, 9.17) is 20.1 Å². The van der Waals surface area contributed by atoms with Crippen LogP contribution in [0, 0.1) is 6.92 Å². The van der Waals surface area contributed by atoms with Crippen LogP contribution in [0.2, 0.25) is 0 Å². The second-order valence-electron chi connectivity index (χ2n) is 2.52. The summed E-state index contributed by atoms with van der Waals surface area (Å²) < 4.78 is 0.660. The van der Waals surface area contributed by atoms with Crippen molar-refractivity contribution < 1.29 is 24.9 Å². The van der Waals surface area contributed by atoms with Crippen LogP contribution in [0.25, 0.3) is 0 Å². The molecule has 0 atom stereocenters. The van der Waals surface area contributed by atoms with Gasteiger partial charge in [0.1, 0.15) is 0 Å². The zero-order valence-electron chi connectivity index (χ0n) is 7.77. The van der Waals surface area contributed by atoms with Crippen molar-refractivity contribution in [1.82, 2.24) is 0 Å². The highest BCUT2D eigenvalue weighted by atomic mass is 79.9. The third-order valence-electron chi connectivity index (χ3n) is 1.42. The SMILES string of the molecule is Cc1cccc(C(=O)O)c1Br.O=C(O)O. The molecule has 0 aliphatic heterocycles. The summed E-state index contributed by atoms with van der Waals surface area (Å²) in [5.74, 6) is -0.902. The van der Waals surface area contributed by atoms with Crippen LogP contribution in [0.4, 0.5) is 4.79 Å². The number of hydrogen-bond acceptors (Lipinski definition) is 2. The van der Waals surface area contributed by atoms with Gasteiger partial charge in [-0.05, 0) is 34.5 Å². The summed E-state index contributed by atoms with van der Waals surface area (Å²) >= 11 is 3.20. The molecule has 6 heteroatoms. The van der Waals surface area contributed by atoms with E-state index in [1.54, 1.807) is 12.1 Å². The van der Waals surface area contributed by atoms with Gasteiger partial charge in [0.2, 0.25) is 0 Å². The Balaban J connectivity index is 0.000000423. The fraction of sp³-hybridized carbons (Fsp3) is 0.111. The van der Waals surface area contributed by atoms with Crippen LogP contribution < -0.4 is 0 Å². The van der Waals surface area contributed by atoms with Gasteiger partial charge in [0, 0.05) is 4.47 Å². The summed E-state index contributed by atoms with van der Waals surface area (Å²) in [5, 5.41) is 22.6. The van der Waals surface area contributed by atoms with Gasteiger partial charge in [-0.1, -0.05) is 12.1 Å². The summed E-state index contributed by atoms with van der Waals surface area (Å²) in [6, 6.07) is 5.15. The predicted molar refractivity (Wildman–Crippen MR) is 56.5 cm³/mol. The molecule has 0 aliphatic rings. The smallest absolute Gasteiger partial charge is 0.478 e. The van der Waals surface area contributed by atoms with Crippen LogP contribution in [-0.4, -0.2) is 27.4 Å². The van der Waals surface area contributed by atoms with Crippen molar-refractivity contribution in [2.75, 3.05) is 0 Å². The highest BCUT2D eigenvalue weighted by molar-refractivity contribution is 9.10. The van der Waals surface area contributed by atoms with E-state index < -0.39 is 12.1 Å². The topological polar surface area (TPSA) is 94.8 Å². The molecule has 1 aromatic rings. The Labute approximate surface area is 94.1 Å². The van der Waals surface area contributed by atoms with E-state index >= 15 is 0 Å². The first kappa shape index (κ1) is 13.4. The predicted octanol–water partition coefficient (Wildman–Crippen LogP) is 2.68. The molecule has 0 amide bonds. The van der Waals surface area contributed by atoms with Crippen LogP contribution in [-0.2, 0) is 0 Å². The van der Waals surface area contributed by atoms with E-state index in [1.165, 1.54) is 0 Å². The van der Waals surface area contributed by atoms with Crippen LogP contribution in [0.1, 0.15) is 15.9 Å². The molecule has 0 fully saturated rings. The van der Waals surface area contributed by atoms with E-state index in [0.717, 1.165) is 5.56 Å². The average Bonchev–Trinajstić information content (AvgIpc) is 2.08. The minimum atomic E-state index is -1.83. The zero-order valence-corrected chi connectivity index (χ0v) is 9.35. The average molecular weight is 277 g/mol. The zero-order chi connectivity index (χ0) is 12.0. The molecule has 0 aliphatic carbocycles. The second kappa shape index (κ2) is 6.02. The molecule has 1 rings (SSSR count). The number of carboxylic acid groups (broad SMARTS) is 3. The van der Waals surface area contributed by atoms with Gasteiger partial charge in [0.25, 0.3) is 0 Å². The number of aryl methyl sites for hydroxylation is 1. The molecule has 0 spiro atoms. The van der Waals surface area contributed by atoms with E-state index in [1.807, 2.05) is 13.0 Å². The lowest BCUT2D eigenvalue weighted by atomic mass is 10.1. The maximum absolute atomic E-state index is 10.5. The standard InChI is InChI=1S/C8H7BrO2.CH2O3/c1-5-3-2-4-6(7(5)9)8(10)11;2-1(3)4/h2-4H,1H3,(H,10,11);(H2,2,3,4). The second-order valence-corrected chi connectivity index (χ2v) is 3.32. The molecule has 1 aromatic carbocycles. The number of halogens is 1. The van der Waals surface area contributed by atoms with Crippen molar-refractivity contribution in [3.05, 3.63) is 33.8 Å². The summed E-state index contributed by atoms with van der Waals surface area (Å²) in [4.78, 5) is 19.1. The normalized spacial score (nSPS) is 8.67. The lowest BCUT2D eigenvalue weighted by Crippen LogP contribution is -1.97. The van der Waals surface area contributed by atoms with Crippen LogP contribution in [0.3, 0.4) is 0 Å². The third kappa shape index (κ3) is 5.02. The van der Waals surface area contributed by atoms with Gasteiger partial charge in [-0.3, -0.25) is 0 Å². The molecule has 0 heterocycles. The Morgan fingerprint density at radius 2 is 1.67 bits per heavy atom. The van der Waals surface area contributed by atoms with E-state index in [-0.39, 0.29) is 0 Å². The van der Waals surface area contributed by atoms with Gasteiger partial charge in [0.05, 0.1) is 5.56 Å². The molecule has 0 aromatic heterocycles. The van der Waals surface area contributed by atoms with Gasteiger partial charge in [-0.25, -0.2) is 9.59 Å². The molecular formula is C9H9BrO5. The van der Waals surface area contributed by atoms with Crippen molar-refractivity contribution in [1.29, 1.82) is 0 Å². The summed E-state index contributed by atoms with van der Waals surface area (Å²) in [6.45, 7) is 1.86.